The molecule has 2 nitrogen and oxygen atoms in total. The van der Waals surface area contributed by atoms with Gasteiger partial charge in [-0.3, -0.25) is 0 Å². The number of nitrogens with zero attached hydrogens (tertiary/aromatic N) is 1. The van der Waals surface area contributed by atoms with E-state index < -0.39 is 0 Å². The Hall–Kier alpha value is -0.860. The maximum atomic E-state index is 6.32. The normalized spacial score (nSPS) is 18.8. The van der Waals surface area contributed by atoms with Crippen molar-refractivity contribution in [2.45, 2.75) is 44.7 Å². The van der Waals surface area contributed by atoms with Gasteiger partial charge in [0, 0.05) is 18.6 Å². The first kappa shape index (κ1) is 12.6. The number of nitrogens with two attached hydrogens (primary N) is 1. The SMILES string of the molecule is Cc1ccccc1C(N)CN(C)C1CCCC1. The zero-order valence-electron chi connectivity index (χ0n) is 11.0. The van der Waals surface area contributed by atoms with E-state index in [2.05, 4.69) is 43.1 Å². The van der Waals surface area contributed by atoms with Crippen molar-refractivity contribution in [3.05, 3.63) is 35.4 Å². The van der Waals surface area contributed by atoms with Gasteiger partial charge in [-0.05, 0) is 37.9 Å². The molecule has 2 heteroatoms. The molecule has 0 spiro atoms. The summed E-state index contributed by atoms with van der Waals surface area (Å²) in [5.41, 5.74) is 8.92. The quantitative estimate of drug-likeness (QED) is 0.865. The molecule has 0 heterocycles. The number of aryl methyl sites for hydroxylation is 1. The molecule has 2 N–H and O–H groups in total. The Morgan fingerprint density at radius 3 is 2.59 bits per heavy atom. The number of hydrogen-bond donors (Lipinski definition) is 1. The topological polar surface area (TPSA) is 29.3 Å². The standard InChI is InChI=1S/C15H24N2/c1-12-7-3-6-10-14(12)15(16)11-17(2)13-8-4-5-9-13/h3,6-7,10,13,15H,4-5,8-9,11,16H2,1-2H3. The molecule has 1 fully saturated rings. The Labute approximate surface area is 105 Å². The van der Waals surface area contributed by atoms with Crippen LogP contribution in [-0.2, 0) is 0 Å². The molecule has 94 valence electrons. The molecular formula is C15H24N2. The molecule has 0 amide bonds. The second kappa shape index (κ2) is 5.65. The van der Waals surface area contributed by atoms with Gasteiger partial charge in [0.15, 0.2) is 0 Å². The third kappa shape index (κ3) is 3.08. The molecule has 0 aromatic heterocycles. The lowest BCUT2D eigenvalue weighted by atomic mass is 10.0. The smallest absolute Gasteiger partial charge is 0.0426 e. The van der Waals surface area contributed by atoms with Crippen LogP contribution in [0.25, 0.3) is 0 Å². The van der Waals surface area contributed by atoms with Crippen LogP contribution in [0.5, 0.6) is 0 Å². The molecule has 0 aliphatic heterocycles. The van der Waals surface area contributed by atoms with Gasteiger partial charge in [0.1, 0.15) is 0 Å². The molecule has 0 saturated heterocycles. The van der Waals surface area contributed by atoms with Gasteiger partial charge in [0.2, 0.25) is 0 Å². The maximum Gasteiger partial charge on any atom is 0.0426 e. The van der Waals surface area contributed by atoms with Gasteiger partial charge < -0.3 is 10.6 Å². The highest BCUT2D eigenvalue weighted by Crippen LogP contribution is 2.24. The first-order chi connectivity index (χ1) is 8.18. The lowest BCUT2D eigenvalue weighted by molar-refractivity contribution is 0.231. The van der Waals surface area contributed by atoms with E-state index in [1.165, 1.54) is 36.8 Å². The van der Waals surface area contributed by atoms with Gasteiger partial charge in [-0.2, -0.15) is 0 Å². The van der Waals surface area contributed by atoms with E-state index >= 15 is 0 Å². The van der Waals surface area contributed by atoms with Crippen molar-refractivity contribution >= 4 is 0 Å². The van der Waals surface area contributed by atoms with Crippen LogP contribution in [0.2, 0.25) is 0 Å². The molecule has 2 rings (SSSR count). The predicted octanol–water partition coefficient (Wildman–Crippen LogP) is 2.87. The summed E-state index contributed by atoms with van der Waals surface area (Å²) >= 11 is 0. The fraction of sp³-hybridized carbons (Fsp3) is 0.600. The molecule has 0 radical (unpaired) electrons. The molecular weight excluding hydrogens is 208 g/mol. The third-order valence-electron chi connectivity index (χ3n) is 4.02. The molecule has 0 bridgehead atoms. The molecule has 17 heavy (non-hydrogen) atoms. The molecule has 1 unspecified atom stereocenters. The van der Waals surface area contributed by atoms with Gasteiger partial charge in [-0.25, -0.2) is 0 Å². The monoisotopic (exact) mass is 232 g/mol. The highest BCUT2D eigenvalue weighted by molar-refractivity contribution is 5.28. The number of likely N-dealkylation sites (N-methyl/N-ethyl adjacent to an activating group) is 1. The van der Waals surface area contributed by atoms with Gasteiger partial charge in [0.05, 0.1) is 0 Å². The molecule has 1 saturated carbocycles. The minimum absolute atomic E-state index is 0.141. The lowest BCUT2D eigenvalue weighted by Crippen LogP contribution is -2.35. The molecule has 1 aromatic rings. The van der Waals surface area contributed by atoms with Crippen LogP contribution in [0.1, 0.15) is 42.9 Å². The van der Waals surface area contributed by atoms with E-state index in [0.717, 1.165) is 12.6 Å². The number of benzene rings is 1. The summed E-state index contributed by atoms with van der Waals surface area (Å²) in [5, 5.41) is 0. The largest absolute Gasteiger partial charge is 0.323 e. The minimum atomic E-state index is 0.141. The Balaban J connectivity index is 1.96. The van der Waals surface area contributed by atoms with E-state index in [-0.39, 0.29) is 6.04 Å². The van der Waals surface area contributed by atoms with Crippen LogP contribution in [-0.4, -0.2) is 24.5 Å². The van der Waals surface area contributed by atoms with E-state index in [1.54, 1.807) is 0 Å². The van der Waals surface area contributed by atoms with Gasteiger partial charge >= 0.3 is 0 Å². The number of hydrogen-bond acceptors (Lipinski definition) is 2. The van der Waals surface area contributed by atoms with Gasteiger partial charge in [0.25, 0.3) is 0 Å². The second-order valence-corrected chi connectivity index (χ2v) is 5.34. The van der Waals surface area contributed by atoms with Crippen LogP contribution in [0.4, 0.5) is 0 Å². The molecule has 1 aliphatic carbocycles. The number of rotatable bonds is 4. The van der Waals surface area contributed by atoms with Crippen LogP contribution >= 0.6 is 0 Å². The minimum Gasteiger partial charge on any atom is -0.323 e. The van der Waals surface area contributed by atoms with Crippen LogP contribution in [0, 0.1) is 6.92 Å². The summed E-state index contributed by atoms with van der Waals surface area (Å²) in [5.74, 6) is 0. The van der Waals surface area contributed by atoms with Crippen molar-refractivity contribution in [3.63, 3.8) is 0 Å². The van der Waals surface area contributed by atoms with E-state index in [1.807, 2.05) is 0 Å². The lowest BCUT2D eigenvalue weighted by Gasteiger charge is -2.27. The zero-order chi connectivity index (χ0) is 12.3. The highest BCUT2D eigenvalue weighted by Gasteiger charge is 2.21. The Kier molecular flexibility index (Phi) is 4.19. The summed E-state index contributed by atoms with van der Waals surface area (Å²) in [7, 11) is 2.22. The van der Waals surface area contributed by atoms with Crippen LogP contribution in [0.15, 0.2) is 24.3 Å². The summed E-state index contributed by atoms with van der Waals surface area (Å²) in [4.78, 5) is 2.45. The Morgan fingerprint density at radius 1 is 1.29 bits per heavy atom. The molecule has 1 aromatic carbocycles. The van der Waals surface area contributed by atoms with Crippen molar-refractivity contribution in [3.8, 4) is 0 Å². The van der Waals surface area contributed by atoms with Gasteiger partial charge in [-0.15, -0.1) is 0 Å². The first-order valence-corrected chi connectivity index (χ1v) is 6.70. The fourth-order valence-corrected chi connectivity index (χ4v) is 2.91. The molecule has 1 atom stereocenters. The summed E-state index contributed by atoms with van der Waals surface area (Å²) in [6.07, 6.45) is 5.46. The van der Waals surface area contributed by atoms with E-state index in [0.29, 0.717) is 0 Å². The van der Waals surface area contributed by atoms with Crippen molar-refractivity contribution in [1.82, 2.24) is 4.90 Å². The summed E-state index contributed by atoms with van der Waals surface area (Å²) in [6.45, 7) is 3.11. The van der Waals surface area contributed by atoms with Crippen molar-refractivity contribution < 1.29 is 0 Å². The average molecular weight is 232 g/mol. The summed E-state index contributed by atoms with van der Waals surface area (Å²) < 4.78 is 0. The first-order valence-electron chi connectivity index (χ1n) is 6.70. The fourth-order valence-electron chi connectivity index (χ4n) is 2.91. The van der Waals surface area contributed by atoms with Crippen molar-refractivity contribution in [1.29, 1.82) is 0 Å². The Bertz CT molecular complexity index is 356. The predicted molar refractivity (Wildman–Crippen MR) is 73.0 cm³/mol. The van der Waals surface area contributed by atoms with Gasteiger partial charge in [-0.1, -0.05) is 37.1 Å². The van der Waals surface area contributed by atoms with Crippen LogP contribution in [0.3, 0.4) is 0 Å². The molecule has 1 aliphatic rings. The van der Waals surface area contributed by atoms with Crippen molar-refractivity contribution in [2.24, 2.45) is 5.73 Å². The Morgan fingerprint density at radius 2 is 1.94 bits per heavy atom. The van der Waals surface area contributed by atoms with E-state index in [9.17, 15) is 0 Å². The third-order valence-corrected chi connectivity index (χ3v) is 4.02. The highest BCUT2D eigenvalue weighted by atomic mass is 15.1. The maximum absolute atomic E-state index is 6.32. The van der Waals surface area contributed by atoms with E-state index in [4.69, 9.17) is 5.73 Å². The van der Waals surface area contributed by atoms with Crippen LogP contribution < -0.4 is 5.73 Å². The second-order valence-electron chi connectivity index (χ2n) is 5.34. The van der Waals surface area contributed by atoms with Crippen molar-refractivity contribution in [2.75, 3.05) is 13.6 Å². The summed E-state index contributed by atoms with van der Waals surface area (Å²) in [6, 6.07) is 9.35. The average Bonchev–Trinajstić information content (AvgIpc) is 2.82. The zero-order valence-corrected chi connectivity index (χ0v) is 11.0.